The van der Waals surface area contributed by atoms with Crippen LogP contribution >= 0.6 is 0 Å². The minimum Gasteiger partial charge on any atom is -0.385 e. The van der Waals surface area contributed by atoms with Gasteiger partial charge in [0.2, 0.25) is 0 Å². The normalized spacial score (nSPS) is 16.9. The minimum atomic E-state index is -0.403. The number of nitrogens with zero attached hydrogens (tertiary/aromatic N) is 1. The van der Waals surface area contributed by atoms with E-state index in [0.29, 0.717) is 18.0 Å². The predicted octanol–water partition coefficient (Wildman–Crippen LogP) is 1.94. The highest BCUT2D eigenvalue weighted by molar-refractivity contribution is 5.99. The van der Waals surface area contributed by atoms with Crippen LogP contribution < -0.4 is 10.6 Å². The van der Waals surface area contributed by atoms with E-state index in [4.69, 9.17) is 0 Å². The fourth-order valence-electron chi connectivity index (χ4n) is 2.57. The van der Waals surface area contributed by atoms with Crippen molar-refractivity contribution in [2.24, 2.45) is 5.92 Å². The second-order valence-corrected chi connectivity index (χ2v) is 5.37. The summed E-state index contributed by atoms with van der Waals surface area (Å²) in [7, 11) is 3.73. The number of hydrogen-bond acceptors (Lipinski definition) is 3. The Morgan fingerprint density at radius 1 is 1.40 bits per heavy atom. The molecule has 5 heteroatoms. The number of amides is 1. The number of nitrogens with one attached hydrogen (secondary N) is 2. The quantitative estimate of drug-likeness (QED) is 0.885. The molecule has 1 aromatic rings. The van der Waals surface area contributed by atoms with Gasteiger partial charge in [0.1, 0.15) is 5.82 Å². The zero-order valence-corrected chi connectivity index (χ0v) is 12.1. The fourth-order valence-corrected chi connectivity index (χ4v) is 2.57. The maximum atomic E-state index is 13.6. The van der Waals surface area contributed by atoms with Crippen LogP contribution in [0.15, 0.2) is 18.2 Å². The zero-order valence-electron chi connectivity index (χ0n) is 12.1. The van der Waals surface area contributed by atoms with Crippen molar-refractivity contribution in [2.45, 2.75) is 12.8 Å². The van der Waals surface area contributed by atoms with Gasteiger partial charge in [-0.1, -0.05) is 6.07 Å². The van der Waals surface area contributed by atoms with E-state index in [-0.39, 0.29) is 11.6 Å². The molecule has 1 amide bonds. The first-order valence-electron chi connectivity index (χ1n) is 7.05. The van der Waals surface area contributed by atoms with Crippen LogP contribution in [0.3, 0.4) is 0 Å². The van der Waals surface area contributed by atoms with E-state index < -0.39 is 5.82 Å². The lowest BCUT2D eigenvalue weighted by molar-refractivity contribution is 0.0939. The topological polar surface area (TPSA) is 44.4 Å². The van der Waals surface area contributed by atoms with E-state index in [1.54, 1.807) is 19.2 Å². The zero-order chi connectivity index (χ0) is 14.5. The predicted molar refractivity (Wildman–Crippen MR) is 78.5 cm³/mol. The average Bonchev–Trinajstić information content (AvgIpc) is 2.46. The Balaban J connectivity index is 1.94. The Kier molecular flexibility index (Phi) is 4.95. The number of carbonyl (C=O) groups is 1. The Bertz CT molecular complexity index is 470. The van der Waals surface area contributed by atoms with Crippen LogP contribution in [0.4, 0.5) is 10.1 Å². The van der Waals surface area contributed by atoms with Crippen molar-refractivity contribution in [3.05, 3.63) is 29.6 Å². The van der Waals surface area contributed by atoms with E-state index in [1.807, 2.05) is 0 Å². The average molecular weight is 279 g/mol. The monoisotopic (exact) mass is 279 g/mol. The van der Waals surface area contributed by atoms with Gasteiger partial charge in [-0.05, 0) is 51.0 Å². The van der Waals surface area contributed by atoms with E-state index in [9.17, 15) is 9.18 Å². The Hall–Kier alpha value is -1.62. The van der Waals surface area contributed by atoms with Gasteiger partial charge in [-0.3, -0.25) is 4.79 Å². The van der Waals surface area contributed by atoms with Crippen molar-refractivity contribution < 1.29 is 9.18 Å². The standard InChI is InChI=1S/C15H22FN3O/c1-17-14-12(4-3-5-13(14)16)15(20)18-10-11-6-8-19(2)9-7-11/h3-5,11,17H,6-10H2,1-2H3,(H,18,20). The van der Waals surface area contributed by atoms with Crippen LogP contribution in [0.5, 0.6) is 0 Å². The number of piperidine rings is 1. The molecule has 2 rings (SSSR count). The number of halogens is 1. The molecule has 0 aliphatic carbocycles. The smallest absolute Gasteiger partial charge is 0.253 e. The van der Waals surface area contributed by atoms with Gasteiger partial charge >= 0.3 is 0 Å². The van der Waals surface area contributed by atoms with Gasteiger partial charge in [-0.25, -0.2) is 4.39 Å². The summed E-state index contributed by atoms with van der Waals surface area (Å²) in [6.07, 6.45) is 2.19. The SMILES string of the molecule is CNc1c(F)cccc1C(=O)NCC1CCN(C)CC1. The van der Waals surface area contributed by atoms with Crippen molar-refractivity contribution in [3.63, 3.8) is 0 Å². The van der Waals surface area contributed by atoms with Crippen molar-refractivity contribution in [1.29, 1.82) is 0 Å². The molecule has 4 nitrogen and oxygen atoms in total. The first-order valence-corrected chi connectivity index (χ1v) is 7.05. The van der Waals surface area contributed by atoms with Gasteiger partial charge < -0.3 is 15.5 Å². The van der Waals surface area contributed by atoms with Gasteiger partial charge in [0.05, 0.1) is 11.3 Å². The van der Waals surface area contributed by atoms with E-state index in [1.165, 1.54) is 6.07 Å². The summed E-state index contributed by atoms with van der Waals surface area (Å²) in [5, 5.41) is 5.67. The molecule has 1 saturated heterocycles. The number of benzene rings is 1. The van der Waals surface area contributed by atoms with Crippen LogP contribution in [0, 0.1) is 11.7 Å². The molecule has 0 bridgehead atoms. The van der Waals surface area contributed by atoms with Crippen LogP contribution in [-0.4, -0.2) is 44.5 Å². The van der Waals surface area contributed by atoms with Crippen molar-refractivity contribution in [2.75, 3.05) is 39.0 Å². The summed E-state index contributed by atoms with van der Waals surface area (Å²) in [4.78, 5) is 14.5. The highest BCUT2D eigenvalue weighted by Crippen LogP contribution is 2.20. The lowest BCUT2D eigenvalue weighted by Gasteiger charge is -2.29. The van der Waals surface area contributed by atoms with Gasteiger partial charge in [0.25, 0.3) is 5.91 Å². The number of hydrogen-bond donors (Lipinski definition) is 2. The van der Waals surface area contributed by atoms with Crippen molar-refractivity contribution in [1.82, 2.24) is 10.2 Å². The summed E-state index contributed by atoms with van der Waals surface area (Å²) in [6.45, 7) is 2.80. The third-order valence-corrected chi connectivity index (χ3v) is 3.90. The molecule has 1 aliphatic heterocycles. The molecule has 110 valence electrons. The first-order chi connectivity index (χ1) is 9.61. The fraction of sp³-hybridized carbons (Fsp3) is 0.533. The number of anilines is 1. The summed E-state index contributed by atoms with van der Waals surface area (Å²) in [5.41, 5.74) is 0.619. The molecule has 1 aliphatic rings. The molecule has 0 atom stereocenters. The third-order valence-electron chi connectivity index (χ3n) is 3.90. The number of rotatable bonds is 4. The van der Waals surface area contributed by atoms with Crippen molar-refractivity contribution in [3.8, 4) is 0 Å². The molecule has 1 heterocycles. The molecular formula is C15H22FN3O. The van der Waals surface area contributed by atoms with Crippen LogP contribution in [0.25, 0.3) is 0 Å². The second-order valence-electron chi connectivity index (χ2n) is 5.37. The van der Waals surface area contributed by atoms with E-state index >= 15 is 0 Å². The maximum absolute atomic E-state index is 13.6. The first kappa shape index (κ1) is 14.8. The molecule has 0 saturated carbocycles. The number of para-hydroxylation sites is 1. The summed E-state index contributed by atoms with van der Waals surface area (Å²) in [6, 6.07) is 4.54. The van der Waals surface area contributed by atoms with Gasteiger partial charge in [0.15, 0.2) is 0 Å². The molecule has 0 spiro atoms. The van der Waals surface area contributed by atoms with Crippen LogP contribution in [-0.2, 0) is 0 Å². The van der Waals surface area contributed by atoms with Crippen LogP contribution in [0.2, 0.25) is 0 Å². The van der Waals surface area contributed by atoms with Crippen molar-refractivity contribution >= 4 is 11.6 Å². The lowest BCUT2D eigenvalue weighted by atomic mass is 9.97. The molecular weight excluding hydrogens is 257 g/mol. The molecule has 0 aromatic heterocycles. The highest BCUT2D eigenvalue weighted by Gasteiger charge is 2.19. The Morgan fingerprint density at radius 2 is 2.10 bits per heavy atom. The molecule has 0 radical (unpaired) electrons. The maximum Gasteiger partial charge on any atom is 0.253 e. The van der Waals surface area contributed by atoms with Crippen LogP contribution in [0.1, 0.15) is 23.2 Å². The van der Waals surface area contributed by atoms with Gasteiger partial charge in [0, 0.05) is 13.6 Å². The summed E-state index contributed by atoms with van der Waals surface area (Å²) < 4.78 is 13.6. The molecule has 1 aromatic carbocycles. The molecule has 1 fully saturated rings. The van der Waals surface area contributed by atoms with Gasteiger partial charge in [-0.15, -0.1) is 0 Å². The Morgan fingerprint density at radius 3 is 2.75 bits per heavy atom. The Labute approximate surface area is 119 Å². The second kappa shape index (κ2) is 6.70. The van der Waals surface area contributed by atoms with E-state index in [0.717, 1.165) is 25.9 Å². The third kappa shape index (κ3) is 3.48. The highest BCUT2D eigenvalue weighted by atomic mass is 19.1. The van der Waals surface area contributed by atoms with Gasteiger partial charge in [-0.2, -0.15) is 0 Å². The molecule has 2 N–H and O–H groups in total. The summed E-state index contributed by atoms with van der Waals surface area (Å²) in [5.74, 6) is -0.103. The molecule has 0 unspecified atom stereocenters. The largest absolute Gasteiger partial charge is 0.385 e. The summed E-state index contributed by atoms with van der Waals surface area (Å²) >= 11 is 0. The lowest BCUT2D eigenvalue weighted by Crippen LogP contribution is -2.37. The van der Waals surface area contributed by atoms with E-state index in [2.05, 4.69) is 22.6 Å². The molecule has 20 heavy (non-hydrogen) atoms. The number of carbonyl (C=O) groups excluding carboxylic acids is 1. The minimum absolute atomic E-state index is 0.215. The number of likely N-dealkylation sites (tertiary alicyclic amines) is 1.